The highest BCUT2D eigenvalue weighted by atomic mass is 16.7. The maximum atomic E-state index is 5.44. The Hall–Kier alpha value is -3.15. The van der Waals surface area contributed by atoms with Crippen molar-refractivity contribution in [2.24, 2.45) is 5.10 Å². The van der Waals surface area contributed by atoms with Crippen molar-refractivity contribution in [2.75, 3.05) is 12.2 Å². The lowest BCUT2D eigenvalue weighted by Gasteiger charge is -2.08. The minimum atomic E-state index is 0.241. The van der Waals surface area contributed by atoms with Crippen LogP contribution < -0.4 is 14.9 Å². The highest BCUT2D eigenvalue weighted by molar-refractivity contribution is 5.94. The maximum Gasteiger partial charge on any atom is 0.231 e. The van der Waals surface area contributed by atoms with E-state index in [2.05, 4.69) is 20.5 Å². The van der Waals surface area contributed by atoms with Crippen molar-refractivity contribution < 1.29 is 9.47 Å². The molecule has 0 saturated heterocycles. The minimum Gasteiger partial charge on any atom is -0.454 e. The van der Waals surface area contributed by atoms with E-state index >= 15 is 0 Å². The van der Waals surface area contributed by atoms with Gasteiger partial charge in [0.15, 0.2) is 11.5 Å². The Morgan fingerprint density at radius 3 is 2.87 bits per heavy atom. The van der Waals surface area contributed by atoms with Crippen LogP contribution >= 0.6 is 0 Å². The summed E-state index contributed by atoms with van der Waals surface area (Å²) in [4.78, 5) is 8.74. The molecule has 3 heterocycles. The van der Waals surface area contributed by atoms with Gasteiger partial charge in [0.2, 0.25) is 6.79 Å². The van der Waals surface area contributed by atoms with Gasteiger partial charge in [0.1, 0.15) is 0 Å². The van der Waals surface area contributed by atoms with Crippen molar-refractivity contribution in [1.29, 1.82) is 0 Å². The predicted molar refractivity (Wildman–Crippen MR) is 88.1 cm³/mol. The zero-order valence-electron chi connectivity index (χ0n) is 12.5. The summed E-state index contributed by atoms with van der Waals surface area (Å²) in [6, 6.07) is 11.4. The molecule has 0 radical (unpaired) electrons. The molecule has 0 amide bonds. The Morgan fingerprint density at radius 2 is 2.04 bits per heavy atom. The van der Waals surface area contributed by atoms with Crippen molar-refractivity contribution in [3.8, 4) is 11.5 Å². The zero-order chi connectivity index (χ0) is 15.6. The van der Waals surface area contributed by atoms with Crippen LogP contribution in [0.15, 0.2) is 47.7 Å². The van der Waals surface area contributed by atoms with Crippen molar-refractivity contribution in [1.82, 2.24) is 9.97 Å². The molecule has 0 aliphatic carbocycles. The summed E-state index contributed by atoms with van der Waals surface area (Å²) in [6.45, 7) is 2.18. The van der Waals surface area contributed by atoms with Crippen LogP contribution in [0.3, 0.4) is 0 Å². The molecule has 2 aromatic heterocycles. The molecule has 1 aromatic carbocycles. The topological polar surface area (TPSA) is 68.6 Å². The molecule has 0 spiro atoms. The van der Waals surface area contributed by atoms with E-state index in [4.69, 9.17) is 9.47 Å². The van der Waals surface area contributed by atoms with Gasteiger partial charge in [-0.3, -0.25) is 15.4 Å². The number of fused-ring (bicyclic) bond motifs is 2. The first-order chi connectivity index (χ1) is 11.3. The Bertz CT molecular complexity index is 894. The van der Waals surface area contributed by atoms with Crippen LogP contribution in [-0.2, 0) is 0 Å². The average Bonchev–Trinajstić information content (AvgIpc) is 3.01. The number of aromatic nitrogens is 2. The van der Waals surface area contributed by atoms with Crippen LogP contribution in [0.5, 0.6) is 11.5 Å². The third kappa shape index (κ3) is 2.66. The molecule has 3 aromatic rings. The SMILES string of the molecule is Cc1cc(N/N=C\c2ccccn2)c2cc3c(cc2n1)OCO3. The number of nitrogens with one attached hydrogen (secondary N) is 1. The number of benzene rings is 1. The largest absolute Gasteiger partial charge is 0.454 e. The number of pyridine rings is 2. The summed E-state index contributed by atoms with van der Waals surface area (Å²) in [5, 5.41) is 5.19. The molecular formula is C17H14N4O2. The van der Waals surface area contributed by atoms with Crippen molar-refractivity contribution in [2.45, 2.75) is 6.92 Å². The molecular weight excluding hydrogens is 292 g/mol. The number of rotatable bonds is 3. The van der Waals surface area contributed by atoms with Gasteiger partial charge < -0.3 is 9.47 Å². The van der Waals surface area contributed by atoms with Gasteiger partial charge in [-0.2, -0.15) is 5.10 Å². The van der Waals surface area contributed by atoms with Gasteiger partial charge in [0.05, 0.1) is 23.1 Å². The van der Waals surface area contributed by atoms with Crippen molar-refractivity contribution in [3.63, 3.8) is 0 Å². The second-order valence-electron chi connectivity index (χ2n) is 5.16. The lowest BCUT2D eigenvalue weighted by atomic mass is 10.1. The van der Waals surface area contributed by atoms with E-state index in [0.717, 1.165) is 39.5 Å². The van der Waals surface area contributed by atoms with Crippen molar-refractivity contribution in [3.05, 3.63) is 54.0 Å². The van der Waals surface area contributed by atoms with Gasteiger partial charge in [-0.15, -0.1) is 0 Å². The molecule has 1 aliphatic rings. The fraction of sp³-hybridized carbons (Fsp3) is 0.118. The van der Waals surface area contributed by atoms with E-state index in [0.29, 0.717) is 0 Å². The first-order valence-electron chi connectivity index (χ1n) is 7.21. The van der Waals surface area contributed by atoms with Crippen LogP contribution in [0.4, 0.5) is 5.69 Å². The monoisotopic (exact) mass is 306 g/mol. The predicted octanol–water partition coefficient (Wildman–Crippen LogP) is 3.11. The summed E-state index contributed by atoms with van der Waals surface area (Å²) >= 11 is 0. The molecule has 0 bridgehead atoms. The molecule has 6 heteroatoms. The highest BCUT2D eigenvalue weighted by Gasteiger charge is 2.16. The summed E-state index contributed by atoms with van der Waals surface area (Å²) < 4.78 is 10.8. The van der Waals surface area contributed by atoms with Gasteiger partial charge in [0, 0.05) is 23.3 Å². The molecule has 0 unspecified atom stereocenters. The molecule has 4 rings (SSSR count). The second-order valence-corrected chi connectivity index (χ2v) is 5.16. The standard InChI is InChI=1S/C17H14N4O2/c1-11-6-15(21-19-9-12-4-2-3-5-18-12)13-7-16-17(23-10-22-16)8-14(13)20-11/h2-9H,10H2,1H3,(H,20,21)/b19-9-. The summed E-state index contributed by atoms with van der Waals surface area (Å²) in [5.74, 6) is 1.44. The van der Waals surface area contributed by atoms with Gasteiger partial charge in [0.25, 0.3) is 0 Å². The smallest absolute Gasteiger partial charge is 0.231 e. The van der Waals surface area contributed by atoms with E-state index in [9.17, 15) is 0 Å². The number of hydrogen-bond acceptors (Lipinski definition) is 6. The van der Waals surface area contributed by atoms with Gasteiger partial charge in [-0.1, -0.05) is 6.07 Å². The first-order valence-corrected chi connectivity index (χ1v) is 7.21. The van der Waals surface area contributed by atoms with Crippen LogP contribution in [0, 0.1) is 6.92 Å². The maximum absolute atomic E-state index is 5.44. The minimum absolute atomic E-state index is 0.241. The van der Waals surface area contributed by atoms with Crippen LogP contribution in [0.1, 0.15) is 11.4 Å². The number of anilines is 1. The van der Waals surface area contributed by atoms with E-state index in [1.165, 1.54) is 0 Å². The van der Waals surface area contributed by atoms with Crippen LogP contribution in [0.2, 0.25) is 0 Å². The van der Waals surface area contributed by atoms with E-state index < -0.39 is 0 Å². The number of hydrazone groups is 1. The Balaban J connectivity index is 1.70. The van der Waals surface area contributed by atoms with E-state index in [1.54, 1.807) is 12.4 Å². The third-order valence-electron chi connectivity index (χ3n) is 3.50. The van der Waals surface area contributed by atoms with Gasteiger partial charge in [-0.05, 0) is 31.2 Å². The lowest BCUT2D eigenvalue weighted by Crippen LogP contribution is -1.95. The van der Waals surface area contributed by atoms with Crippen LogP contribution in [-0.4, -0.2) is 23.0 Å². The Morgan fingerprint density at radius 1 is 1.17 bits per heavy atom. The molecule has 6 nitrogen and oxygen atoms in total. The quantitative estimate of drug-likeness (QED) is 0.595. The molecule has 114 valence electrons. The fourth-order valence-electron chi connectivity index (χ4n) is 2.46. The van der Waals surface area contributed by atoms with Crippen LogP contribution in [0.25, 0.3) is 10.9 Å². The normalized spacial score (nSPS) is 12.9. The van der Waals surface area contributed by atoms with Crippen molar-refractivity contribution >= 4 is 22.8 Å². The zero-order valence-corrected chi connectivity index (χ0v) is 12.5. The first kappa shape index (κ1) is 13.5. The third-order valence-corrected chi connectivity index (χ3v) is 3.50. The number of nitrogens with zero attached hydrogens (tertiary/aromatic N) is 3. The molecule has 0 saturated carbocycles. The molecule has 1 N–H and O–H groups in total. The van der Waals surface area contributed by atoms with E-state index in [-0.39, 0.29) is 6.79 Å². The molecule has 0 fully saturated rings. The summed E-state index contributed by atoms with van der Waals surface area (Å²) in [6.07, 6.45) is 3.41. The molecule has 23 heavy (non-hydrogen) atoms. The fourth-order valence-corrected chi connectivity index (χ4v) is 2.46. The number of aryl methyl sites for hydroxylation is 1. The highest BCUT2D eigenvalue weighted by Crippen LogP contribution is 2.38. The Kier molecular flexibility index (Phi) is 3.27. The molecule has 1 aliphatic heterocycles. The van der Waals surface area contributed by atoms with Gasteiger partial charge in [-0.25, -0.2) is 0 Å². The number of hydrogen-bond donors (Lipinski definition) is 1. The molecule has 0 atom stereocenters. The van der Waals surface area contributed by atoms with E-state index in [1.807, 2.05) is 43.3 Å². The summed E-state index contributed by atoms with van der Waals surface area (Å²) in [7, 11) is 0. The second kappa shape index (κ2) is 5.57. The average molecular weight is 306 g/mol. The summed E-state index contributed by atoms with van der Waals surface area (Å²) in [5.41, 5.74) is 6.44. The van der Waals surface area contributed by atoms with Gasteiger partial charge >= 0.3 is 0 Å². The number of ether oxygens (including phenoxy) is 2. The Labute approximate surface area is 132 Å². The lowest BCUT2D eigenvalue weighted by molar-refractivity contribution is 0.174.